The van der Waals surface area contributed by atoms with Crippen molar-refractivity contribution in [2.75, 3.05) is 49.1 Å². The van der Waals surface area contributed by atoms with Gasteiger partial charge in [-0.3, -0.25) is 0 Å². The Morgan fingerprint density at radius 2 is 1.79 bits per heavy atom. The first-order valence-corrected chi connectivity index (χ1v) is 10.6. The van der Waals surface area contributed by atoms with Gasteiger partial charge >= 0.3 is 0 Å². The summed E-state index contributed by atoms with van der Waals surface area (Å²) in [7, 11) is 0. The molecule has 0 spiro atoms. The number of rotatable bonds is 5. The summed E-state index contributed by atoms with van der Waals surface area (Å²) in [5.74, 6) is 1.97. The minimum atomic E-state index is -0.672. The molecule has 9 heteroatoms. The van der Waals surface area contributed by atoms with Crippen molar-refractivity contribution in [1.82, 2.24) is 20.6 Å². The number of halogens is 3. The second-order valence-corrected chi connectivity index (χ2v) is 8.32. The van der Waals surface area contributed by atoms with E-state index in [0.717, 1.165) is 63.0 Å². The van der Waals surface area contributed by atoms with Crippen LogP contribution in [0.25, 0.3) is 0 Å². The third kappa shape index (κ3) is 6.54. The zero-order valence-corrected chi connectivity index (χ0v) is 18.9. The Kier molecular flexibility index (Phi) is 9.66. The third-order valence-corrected chi connectivity index (χ3v) is 6.11. The van der Waals surface area contributed by atoms with Crippen LogP contribution in [0.4, 0.5) is 16.2 Å². The topological polar surface area (TPSA) is 56.3 Å². The summed E-state index contributed by atoms with van der Waals surface area (Å²) in [6.45, 7) is 7.62. The van der Waals surface area contributed by atoms with Gasteiger partial charge in [0.25, 0.3) is 0 Å². The van der Waals surface area contributed by atoms with Gasteiger partial charge in [-0.05, 0) is 45.4 Å². The smallest absolute Gasteiger partial charge is 0.227 e. The van der Waals surface area contributed by atoms with E-state index in [1.165, 1.54) is 19.3 Å². The lowest BCUT2D eigenvalue weighted by molar-refractivity contribution is 0.347. The molecule has 29 heavy (non-hydrogen) atoms. The normalized spacial score (nSPS) is 25.4. The van der Waals surface area contributed by atoms with Gasteiger partial charge in [0, 0.05) is 63.1 Å². The first-order chi connectivity index (χ1) is 13.2. The van der Waals surface area contributed by atoms with Gasteiger partial charge < -0.3 is 20.4 Å². The van der Waals surface area contributed by atoms with Crippen LogP contribution in [0.15, 0.2) is 6.07 Å². The second-order valence-electron chi connectivity index (χ2n) is 8.32. The van der Waals surface area contributed by atoms with Crippen LogP contribution < -0.4 is 20.4 Å². The van der Waals surface area contributed by atoms with Crippen molar-refractivity contribution in [2.24, 2.45) is 0 Å². The van der Waals surface area contributed by atoms with Crippen molar-refractivity contribution in [2.45, 2.75) is 63.7 Å². The predicted molar refractivity (Wildman–Crippen MR) is 122 cm³/mol. The molecule has 3 saturated heterocycles. The summed E-state index contributed by atoms with van der Waals surface area (Å²) >= 11 is 0. The number of anilines is 2. The molecule has 0 aromatic carbocycles. The maximum atomic E-state index is 13.3. The average molecular weight is 449 g/mol. The zero-order chi connectivity index (χ0) is 18.6. The van der Waals surface area contributed by atoms with Crippen molar-refractivity contribution >= 4 is 36.6 Å². The van der Waals surface area contributed by atoms with E-state index in [4.69, 9.17) is 4.98 Å². The lowest BCUT2D eigenvalue weighted by Gasteiger charge is -2.34. The highest BCUT2D eigenvalue weighted by atomic mass is 35.5. The molecule has 0 bridgehead atoms. The first-order valence-electron chi connectivity index (χ1n) is 10.6. The molecule has 3 aliphatic rings. The van der Waals surface area contributed by atoms with Crippen LogP contribution in [0.3, 0.4) is 0 Å². The molecule has 4 rings (SSSR count). The summed E-state index contributed by atoms with van der Waals surface area (Å²) in [4.78, 5) is 14.3. The number of alkyl halides is 1. The van der Waals surface area contributed by atoms with E-state index in [0.29, 0.717) is 19.0 Å². The number of aromatic nitrogens is 2. The lowest BCUT2D eigenvalue weighted by atomic mass is 10.0. The molecule has 0 aliphatic carbocycles. The highest BCUT2D eigenvalue weighted by molar-refractivity contribution is 5.85. The Morgan fingerprint density at radius 1 is 1.07 bits per heavy atom. The Balaban J connectivity index is 0.00000150. The van der Waals surface area contributed by atoms with E-state index in [1.54, 1.807) is 0 Å². The Hall–Kier alpha value is -0.890. The molecule has 3 fully saturated rings. The number of aryl methyl sites for hydroxylation is 1. The molecule has 1 aromatic heterocycles. The monoisotopic (exact) mass is 448 g/mol. The van der Waals surface area contributed by atoms with Crippen molar-refractivity contribution in [3.05, 3.63) is 11.8 Å². The van der Waals surface area contributed by atoms with Gasteiger partial charge in [-0.15, -0.1) is 24.8 Å². The molecule has 2 N–H and O–H groups in total. The summed E-state index contributed by atoms with van der Waals surface area (Å²) in [6, 6.07) is 2.92. The fourth-order valence-electron chi connectivity index (χ4n) is 4.48. The predicted octanol–water partition coefficient (Wildman–Crippen LogP) is 2.88. The van der Waals surface area contributed by atoms with Crippen LogP contribution in [0.1, 0.15) is 44.2 Å². The van der Waals surface area contributed by atoms with Gasteiger partial charge in [-0.2, -0.15) is 4.98 Å². The molecule has 6 nitrogen and oxygen atoms in total. The van der Waals surface area contributed by atoms with E-state index in [2.05, 4.69) is 38.4 Å². The fourth-order valence-corrected chi connectivity index (χ4v) is 4.48. The maximum Gasteiger partial charge on any atom is 0.227 e. The van der Waals surface area contributed by atoms with Crippen molar-refractivity contribution in [3.63, 3.8) is 0 Å². The van der Waals surface area contributed by atoms with Crippen LogP contribution in [0.5, 0.6) is 0 Å². The van der Waals surface area contributed by atoms with E-state index >= 15 is 0 Å². The van der Waals surface area contributed by atoms with Crippen molar-refractivity contribution in [3.8, 4) is 0 Å². The molecule has 0 saturated carbocycles. The number of nitrogens with zero attached hydrogens (tertiary/aromatic N) is 4. The third-order valence-electron chi connectivity index (χ3n) is 6.11. The summed E-state index contributed by atoms with van der Waals surface area (Å²) in [5.41, 5.74) is 1.05. The minimum Gasteiger partial charge on any atom is -0.356 e. The van der Waals surface area contributed by atoms with Gasteiger partial charge in [0.15, 0.2) is 0 Å². The number of nitrogens with one attached hydrogen (secondary N) is 2. The Labute approximate surface area is 186 Å². The molecule has 0 radical (unpaired) electrons. The summed E-state index contributed by atoms with van der Waals surface area (Å²) in [6.07, 6.45) is 5.98. The van der Waals surface area contributed by atoms with E-state index in [-0.39, 0.29) is 30.9 Å². The largest absolute Gasteiger partial charge is 0.356 e. The highest BCUT2D eigenvalue weighted by Gasteiger charge is 2.26. The van der Waals surface area contributed by atoms with Gasteiger partial charge in [0.1, 0.15) is 12.0 Å². The maximum absolute atomic E-state index is 13.3. The fraction of sp³-hybridized carbons (Fsp3) is 0.800. The van der Waals surface area contributed by atoms with Gasteiger partial charge in [0.05, 0.1) is 0 Å². The van der Waals surface area contributed by atoms with Gasteiger partial charge in [-0.1, -0.05) is 0 Å². The number of hydrogen-bond donors (Lipinski definition) is 2. The molecule has 0 unspecified atom stereocenters. The van der Waals surface area contributed by atoms with E-state index < -0.39 is 6.17 Å². The first kappa shape index (κ1) is 24.4. The quantitative estimate of drug-likeness (QED) is 0.721. The lowest BCUT2D eigenvalue weighted by Crippen LogP contribution is -2.46. The van der Waals surface area contributed by atoms with Crippen molar-refractivity contribution < 1.29 is 4.39 Å². The second kappa shape index (κ2) is 11.5. The highest BCUT2D eigenvalue weighted by Crippen LogP contribution is 2.23. The Bertz CT molecular complexity index is 623. The van der Waals surface area contributed by atoms with Crippen LogP contribution in [-0.4, -0.2) is 67.5 Å². The van der Waals surface area contributed by atoms with E-state index in [9.17, 15) is 4.39 Å². The number of hydrogen-bond acceptors (Lipinski definition) is 6. The molecule has 0 amide bonds. The molecule has 4 heterocycles. The standard InChI is InChI=1S/C20H33FN6.2ClH/c1-15-11-19(25-20(24-15)27-7-3-2-4-8-27)26-9-5-17(6-10-26)23-14-18-12-16(21)13-22-18;;/h11,16-18,22-23H,2-10,12-14H2,1H3;2*1H/t16-,18-;;/m0../s1. The average Bonchev–Trinajstić information content (AvgIpc) is 3.12. The molecular formula is C20H35Cl2FN6. The summed E-state index contributed by atoms with van der Waals surface area (Å²) < 4.78 is 13.3. The zero-order valence-electron chi connectivity index (χ0n) is 17.3. The van der Waals surface area contributed by atoms with Gasteiger partial charge in [-0.25, -0.2) is 9.37 Å². The Morgan fingerprint density at radius 3 is 2.45 bits per heavy atom. The van der Waals surface area contributed by atoms with Crippen LogP contribution in [0.2, 0.25) is 0 Å². The van der Waals surface area contributed by atoms with Crippen LogP contribution in [-0.2, 0) is 0 Å². The van der Waals surface area contributed by atoms with Crippen LogP contribution in [0, 0.1) is 6.92 Å². The van der Waals surface area contributed by atoms with Gasteiger partial charge in [0.2, 0.25) is 5.95 Å². The number of piperidine rings is 2. The molecule has 166 valence electrons. The molecular weight excluding hydrogens is 414 g/mol. The molecule has 3 aliphatic heterocycles. The van der Waals surface area contributed by atoms with Crippen molar-refractivity contribution in [1.29, 1.82) is 0 Å². The summed E-state index contributed by atoms with van der Waals surface area (Å²) in [5, 5.41) is 6.89. The van der Waals surface area contributed by atoms with E-state index in [1.807, 2.05) is 0 Å². The molecule has 2 atom stereocenters. The SMILES string of the molecule is Cc1cc(N2CCC(NC[C@@H]3C[C@H](F)CN3)CC2)nc(N2CCCCC2)n1.Cl.Cl. The van der Waals surface area contributed by atoms with Crippen LogP contribution >= 0.6 is 24.8 Å². The molecule has 1 aromatic rings. The minimum absolute atomic E-state index is 0.